The number of halogens is 3. The molecule has 3 rings (SSSR count). The van der Waals surface area contributed by atoms with E-state index in [-0.39, 0.29) is 30.9 Å². The molecule has 0 saturated carbocycles. The van der Waals surface area contributed by atoms with Gasteiger partial charge in [-0.15, -0.1) is 10.2 Å². The third-order valence-electron chi connectivity index (χ3n) is 4.46. The lowest BCUT2D eigenvalue weighted by Crippen LogP contribution is -2.40. The van der Waals surface area contributed by atoms with E-state index >= 15 is 0 Å². The predicted molar refractivity (Wildman–Crippen MR) is 87.7 cm³/mol. The molecule has 1 amide bonds. The van der Waals surface area contributed by atoms with Gasteiger partial charge in [0.25, 0.3) is 0 Å². The third kappa shape index (κ3) is 4.03. The Kier molecular flexibility index (Phi) is 5.31. The van der Waals surface area contributed by atoms with Gasteiger partial charge >= 0.3 is 0 Å². The van der Waals surface area contributed by atoms with Crippen molar-refractivity contribution in [3.8, 4) is 0 Å². The quantitative estimate of drug-likeness (QED) is 0.345. The summed E-state index contributed by atoms with van der Waals surface area (Å²) in [6.07, 6.45) is -0.405. The average molecular weight is 379 g/mol. The molecule has 0 radical (unpaired) electrons. The van der Waals surface area contributed by atoms with Crippen molar-refractivity contribution in [2.75, 3.05) is 6.54 Å². The van der Waals surface area contributed by atoms with E-state index in [0.717, 1.165) is 5.82 Å². The highest BCUT2D eigenvalue weighted by Gasteiger charge is 2.26. The SMILES string of the molecule is Cc1nnc2n1CCN(C(=O)C[C@@H](Cc1cc(F)c(F)cc1F)N=[N+]=[N-])C2. The molecule has 8 nitrogen and oxygen atoms in total. The Hall–Kier alpha value is -3.07. The number of benzene rings is 1. The third-order valence-corrected chi connectivity index (χ3v) is 4.46. The van der Waals surface area contributed by atoms with Gasteiger partial charge < -0.3 is 9.47 Å². The van der Waals surface area contributed by atoms with E-state index in [1.54, 1.807) is 4.90 Å². The molecule has 0 unspecified atom stereocenters. The van der Waals surface area contributed by atoms with E-state index in [1.165, 1.54) is 0 Å². The highest BCUT2D eigenvalue weighted by atomic mass is 19.2. The van der Waals surface area contributed by atoms with Gasteiger partial charge in [-0.2, -0.15) is 0 Å². The number of aromatic nitrogens is 3. The number of rotatable bonds is 5. The Bertz CT molecular complexity index is 923. The Morgan fingerprint density at radius 2 is 2.00 bits per heavy atom. The molecule has 1 aliphatic heterocycles. The van der Waals surface area contributed by atoms with Crippen molar-refractivity contribution in [3.63, 3.8) is 0 Å². The number of nitrogens with zero attached hydrogens (tertiary/aromatic N) is 7. The van der Waals surface area contributed by atoms with Crippen LogP contribution in [-0.4, -0.2) is 38.2 Å². The molecule has 2 aromatic rings. The van der Waals surface area contributed by atoms with Gasteiger partial charge in [-0.05, 0) is 30.5 Å². The molecular weight excluding hydrogens is 363 g/mol. The standard InChI is InChI=1S/C16H16F3N7O/c1-9-21-23-15-8-25(2-3-26(9)15)16(27)6-11(22-24-20)4-10-5-13(18)14(19)7-12(10)17/h5,7,11H,2-4,6,8H2,1H3/t11-/m1/s1. The van der Waals surface area contributed by atoms with Crippen LogP contribution in [0, 0.1) is 24.4 Å². The topological polar surface area (TPSA) is 99.8 Å². The molecular formula is C16H16F3N7O. The highest BCUT2D eigenvalue weighted by Crippen LogP contribution is 2.19. The summed E-state index contributed by atoms with van der Waals surface area (Å²) in [4.78, 5) is 16.8. The lowest BCUT2D eigenvalue weighted by molar-refractivity contribution is -0.133. The zero-order valence-electron chi connectivity index (χ0n) is 14.4. The first-order valence-corrected chi connectivity index (χ1v) is 8.23. The van der Waals surface area contributed by atoms with E-state index in [1.807, 2.05) is 11.5 Å². The van der Waals surface area contributed by atoms with Gasteiger partial charge in [0.15, 0.2) is 17.5 Å². The van der Waals surface area contributed by atoms with Crippen LogP contribution in [0.25, 0.3) is 10.4 Å². The van der Waals surface area contributed by atoms with Gasteiger partial charge in [0.1, 0.15) is 11.6 Å². The summed E-state index contributed by atoms with van der Waals surface area (Å²) in [7, 11) is 0. The molecule has 142 valence electrons. The van der Waals surface area contributed by atoms with Crippen molar-refractivity contribution in [1.29, 1.82) is 0 Å². The number of azide groups is 1. The van der Waals surface area contributed by atoms with Crippen molar-refractivity contribution in [2.45, 2.75) is 38.9 Å². The van der Waals surface area contributed by atoms with Crippen LogP contribution in [0.2, 0.25) is 0 Å². The fourth-order valence-electron chi connectivity index (χ4n) is 3.05. The van der Waals surface area contributed by atoms with E-state index in [0.29, 0.717) is 31.0 Å². The van der Waals surface area contributed by atoms with Gasteiger partial charge in [-0.25, -0.2) is 13.2 Å². The summed E-state index contributed by atoms with van der Waals surface area (Å²) in [5, 5.41) is 11.5. The van der Waals surface area contributed by atoms with Gasteiger partial charge in [-0.3, -0.25) is 4.79 Å². The Balaban J connectivity index is 1.70. The van der Waals surface area contributed by atoms with Crippen LogP contribution in [0.5, 0.6) is 0 Å². The minimum Gasteiger partial charge on any atom is -0.333 e. The second kappa shape index (κ2) is 7.67. The van der Waals surface area contributed by atoms with E-state index < -0.39 is 23.5 Å². The maximum Gasteiger partial charge on any atom is 0.223 e. The van der Waals surface area contributed by atoms with Crippen molar-refractivity contribution < 1.29 is 18.0 Å². The van der Waals surface area contributed by atoms with Gasteiger partial charge in [-0.1, -0.05) is 5.11 Å². The van der Waals surface area contributed by atoms with Gasteiger partial charge in [0, 0.05) is 30.5 Å². The molecule has 0 fully saturated rings. The number of hydrogen-bond acceptors (Lipinski definition) is 4. The molecule has 11 heteroatoms. The number of hydrogen-bond donors (Lipinski definition) is 0. The minimum absolute atomic E-state index is 0.159. The zero-order chi connectivity index (χ0) is 19.6. The first-order chi connectivity index (χ1) is 12.9. The van der Waals surface area contributed by atoms with Crippen LogP contribution in [0.3, 0.4) is 0 Å². The summed E-state index contributed by atoms with van der Waals surface area (Å²) in [5.74, 6) is -2.36. The van der Waals surface area contributed by atoms with E-state index in [4.69, 9.17) is 5.53 Å². The summed E-state index contributed by atoms with van der Waals surface area (Å²) < 4.78 is 42.2. The number of carbonyl (C=O) groups excluding carboxylic acids is 1. The molecule has 1 aromatic heterocycles. The van der Waals surface area contributed by atoms with Crippen molar-refractivity contribution in [2.24, 2.45) is 5.11 Å². The first-order valence-electron chi connectivity index (χ1n) is 8.23. The van der Waals surface area contributed by atoms with Crippen LogP contribution in [0.15, 0.2) is 17.2 Å². The second-order valence-corrected chi connectivity index (χ2v) is 6.26. The summed E-state index contributed by atoms with van der Waals surface area (Å²) >= 11 is 0. The molecule has 1 aromatic carbocycles. The summed E-state index contributed by atoms with van der Waals surface area (Å²) in [6, 6.07) is 0.212. The number of fused-ring (bicyclic) bond motifs is 1. The second-order valence-electron chi connectivity index (χ2n) is 6.26. The molecule has 2 heterocycles. The van der Waals surface area contributed by atoms with Crippen LogP contribution in [-0.2, 0) is 24.3 Å². The van der Waals surface area contributed by atoms with Crippen LogP contribution >= 0.6 is 0 Å². The number of carbonyl (C=O) groups is 1. The molecule has 0 saturated heterocycles. The monoisotopic (exact) mass is 379 g/mol. The summed E-state index contributed by atoms with van der Waals surface area (Å²) in [5.41, 5.74) is 8.56. The van der Waals surface area contributed by atoms with Crippen molar-refractivity contribution in [3.05, 3.63) is 57.2 Å². The Morgan fingerprint density at radius 3 is 2.74 bits per heavy atom. The molecule has 0 spiro atoms. The largest absolute Gasteiger partial charge is 0.333 e. The summed E-state index contributed by atoms with van der Waals surface area (Å²) in [6.45, 7) is 3.07. The van der Waals surface area contributed by atoms with Crippen LogP contribution in [0.1, 0.15) is 23.6 Å². The first kappa shape index (κ1) is 18.7. The van der Waals surface area contributed by atoms with E-state index in [2.05, 4.69) is 20.2 Å². The fourth-order valence-corrected chi connectivity index (χ4v) is 3.05. The number of amides is 1. The number of aryl methyl sites for hydroxylation is 1. The van der Waals surface area contributed by atoms with Crippen molar-refractivity contribution >= 4 is 5.91 Å². The zero-order valence-corrected chi connectivity index (χ0v) is 14.4. The Labute approximate surface area is 152 Å². The van der Waals surface area contributed by atoms with Crippen LogP contribution in [0.4, 0.5) is 13.2 Å². The molecule has 0 aliphatic carbocycles. The molecule has 0 N–H and O–H groups in total. The van der Waals surface area contributed by atoms with Crippen LogP contribution < -0.4 is 0 Å². The average Bonchev–Trinajstić information content (AvgIpc) is 3.00. The molecule has 1 aliphatic rings. The van der Waals surface area contributed by atoms with Gasteiger partial charge in [0.05, 0.1) is 12.6 Å². The van der Waals surface area contributed by atoms with Gasteiger partial charge in [0.2, 0.25) is 5.91 Å². The maximum absolute atomic E-state index is 13.8. The smallest absolute Gasteiger partial charge is 0.223 e. The fraction of sp³-hybridized carbons (Fsp3) is 0.438. The normalized spacial score (nSPS) is 14.4. The van der Waals surface area contributed by atoms with Crippen molar-refractivity contribution in [1.82, 2.24) is 19.7 Å². The maximum atomic E-state index is 13.8. The molecule has 0 bridgehead atoms. The minimum atomic E-state index is -1.31. The lowest BCUT2D eigenvalue weighted by atomic mass is 10.0. The Morgan fingerprint density at radius 1 is 1.26 bits per heavy atom. The highest BCUT2D eigenvalue weighted by molar-refractivity contribution is 5.77. The van der Waals surface area contributed by atoms with E-state index in [9.17, 15) is 18.0 Å². The molecule has 27 heavy (non-hydrogen) atoms. The lowest BCUT2D eigenvalue weighted by Gasteiger charge is -2.28. The predicted octanol–water partition coefficient (Wildman–Crippen LogP) is 2.66. The molecule has 1 atom stereocenters.